The van der Waals surface area contributed by atoms with Gasteiger partial charge in [-0.25, -0.2) is 4.79 Å². The molecule has 2 aromatic rings. The predicted molar refractivity (Wildman–Crippen MR) is 102 cm³/mol. The molecule has 0 saturated heterocycles. The van der Waals surface area contributed by atoms with E-state index in [2.05, 4.69) is 0 Å². The summed E-state index contributed by atoms with van der Waals surface area (Å²) in [4.78, 5) is 12.0. The largest absolute Gasteiger partial charge is 0.497 e. The standard InChI is InChI=1S/C21H18ClF3O4/c1-3-28-20(26)16-9-14-10-17(22)13(7-12-5-4-6-15(8-12)27-2)11-18(14)29-19(16)21(23,24)25/h4-6,8-11,19H,3,7H2,1-2H3. The third-order valence-corrected chi connectivity index (χ3v) is 4.71. The highest BCUT2D eigenvalue weighted by Gasteiger charge is 2.48. The van der Waals surface area contributed by atoms with Gasteiger partial charge in [0.1, 0.15) is 11.5 Å². The first kappa shape index (κ1) is 21.0. The summed E-state index contributed by atoms with van der Waals surface area (Å²) in [5.41, 5.74) is 1.14. The Kier molecular flexibility index (Phi) is 6.07. The van der Waals surface area contributed by atoms with E-state index in [0.29, 0.717) is 22.8 Å². The van der Waals surface area contributed by atoms with Crippen LogP contribution in [0.2, 0.25) is 5.02 Å². The predicted octanol–water partition coefficient (Wildman–Crippen LogP) is 5.21. The first-order valence-electron chi connectivity index (χ1n) is 8.80. The van der Waals surface area contributed by atoms with E-state index in [-0.39, 0.29) is 17.9 Å². The van der Waals surface area contributed by atoms with Crippen molar-refractivity contribution < 1.29 is 32.2 Å². The lowest BCUT2D eigenvalue weighted by molar-refractivity contribution is -0.187. The maximum Gasteiger partial charge on any atom is 0.430 e. The van der Waals surface area contributed by atoms with E-state index >= 15 is 0 Å². The number of alkyl halides is 3. The van der Waals surface area contributed by atoms with Crippen LogP contribution in [0.15, 0.2) is 42.0 Å². The fourth-order valence-corrected chi connectivity index (χ4v) is 3.26. The van der Waals surface area contributed by atoms with Crippen molar-refractivity contribution in [1.82, 2.24) is 0 Å². The summed E-state index contributed by atoms with van der Waals surface area (Å²) in [7, 11) is 1.55. The van der Waals surface area contributed by atoms with Gasteiger partial charge in [-0.1, -0.05) is 23.7 Å². The van der Waals surface area contributed by atoms with Gasteiger partial charge in [0.25, 0.3) is 0 Å². The number of carbonyl (C=O) groups excluding carboxylic acids is 1. The summed E-state index contributed by atoms with van der Waals surface area (Å²) in [6.07, 6.45) is -5.68. The van der Waals surface area contributed by atoms with Gasteiger partial charge in [0, 0.05) is 10.6 Å². The molecule has 1 heterocycles. The summed E-state index contributed by atoms with van der Waals surface area (Å²) in [5.74, 6) is -0.410. The monoisotopic (exact) mass is 426 g/mol. The Labute approximate surface area is 170 Å². The first-order chi connectivity index (χ1) is 13.7. The molecule has 1 unspecified atom stereocenters. The second-order valence-electron chi connectivity index (χ2n) is 6.37. The molecule has 0 N–H and O–H groups in total. The Balaban J connectivity index is 1.99. The summed E-state index contributed by atoms with van der Waals surface area (Å²) in [6, 6.07) is 10.2. The van der Waals surface area contributed by atoms with E-state index in [1.54, 1.807) is 13.2 Å². The Morgan fingerprint density at radius 2 is 2.00 bits per heavy atom. The number of ether oxygens (including phenoxy) is 3. The SMILES string of the molecule is CCOC(=O)C1=Cc2cc(Cl)c(Cc3cccc(OC)c3)cc2OC1C(F)(F)F. The number of benzene rings is 2. The molecule has 0 fully saturated rings. The molecule has 29 heavy (non-hydrogen) atoms. The highest BCUT2D eigenvalue weighted by Crippen LogP contribution is 2.40. The van der Waals surface area contributed by atoms with Crippen molar-refractivity contribution in [1.29, 1.82) is 0 Å². The van der Waals surface area contributed by atoms with Crippen molar-refractivity contribution in [3.8, 4) is 11.5 Å². The molecule has 0 aliphatic carbocycles. The Morgan fingerprint density at radius 1 is 1.24 bits per heavy atom. The van der Waals surface area contributed by atoms with Crippen LogP contribution in [0.1, 0.15) is 23.6 Å². The molecule has 3 rings (SSSR count). The molecule has 0 amide bonds. The molecule has 4 nitrogen and oxygen atoms in total. The summed E-state index contributed by atoms with van der Waals surface area (Å²) < 4.78 is 55.6. The zero-order chi connectivity index (χ0) is 21.2. The smallest absolute Gasteiger partial charge is 0.430 e. The van der Waals surface area contributed by atoms with Gasteiger partial charge in [0.05, 0.1) is 19.3 Å². The third kappa shape index (κ3) is 4.67. The van der Waals surface area contributed by atoms with Gasteiger partial charge in [0.15, 0.2) is 0 Å². The molecule has 154 valence electrons. The number of rotatable bonds is 5. The summed E-state index contributed by atoms with van der Waals surface area (Å²) >= 11 is 6.35. The fraction of sp³-hybridized carbons (Fsp3) is 0.286. The maximum atomic E-state index is 13.5. The minimum atomic E-state index is -4.77. The van der Waals surface area contributed by atoms with Gasteiger partial charge in [-0.2, -0.15) is 13.2 Å². The number of methoxy groups -OCH3 is 1. The van der Waals surface area contributed by atoms with Crippen LogP contribution in [0.4, 0.5) is 13.2 Å². The van der Waals surface area contributed by atoms with Crippen LogP contribution in [0.3, 0.4) is 0 Å². The first-order valence-corrected chi connectivity index (χ1v) is 9.18. The highest BCUT2D eigenvalue weighted by molar-refractivity contribution is 6.31. The van der Waals surface area contributed by atoms with Gasteiger partial charge < -0.3 is 14.2 Å². The van der Waals surface area contributed by atoms with Gasteiger partial charge in [-0.15, -0.1) is 0 Å². The fourth-order valence-electron chi connectivity index (χ4n) is 3.02. The molecule has 1 atom stereocenters. The van der Waals surface area contributed by atoms with Gasteiger partial charge in [-0.3, -0.25) is 0 Å². The van der Waals surface area contributed by atoms with Crippen molar-refractivity contribution in [2.24, 2.45) is 0 Å². The molecular formula is C21H18ClF3O4. The topological polar surface area (TPSA) is 44.8 Å². The number of hydrogen-bond donors (Lipinski definition) is 0. The Bertz CT molecular complexity index is 953. The molecule has 0 radical (unpaired) electrons. The van der Waals surface area contributed by atoms with E-state index in [1.165, 1.54) is 19.1 Å². The van der Waals surface area contributed by atoms with Crippen LogP contribution in [0.25, 0.3) is 6.08 Å². The molecule has 0 saturated carbocycles. The van der Waals surface area contributed by atoms with Crippen molar-refractivity contribution in [2.75, 3.05) is 13.7 Å². The molecule has 2 aromatic carbocycles. The lowest BCUT2D eigenvalue weighted by atomic mass is 9.97. The average molecular weight is 427 g/mol. The highest BCUT2D eigenvalue weighted by atomic mass is 35.5. The Morgan fingerprint density at radius 3 is 2.66 bits per heavy atom. The van der Waals surface area contributed by atoms with Crippen molar-refractivity contribution in [3.63, 3.8) is 0 Å². The van der Waals surface area contributed by atoms with Crippen molar-refractivity contribution >= 4 is 23.6 Å². The number of carbonyl (C=O) groups is 1. The molecular weight excluding hydrogens is 409 g/mol. The number of fused-ring (bicyclic) bond motifs is 1. The van der Waals surface area contributed by atoms with Gasteiger partial charge in [0.2, 0.25) is 6.10 Å². The van der Waals surface area contributed by atoms with Gasteiger partial charge >= 0.3 is 12.1 Å². The van der Waals surface area contributed by atoms with Gasteiger partial charge in [-0.05, 0) is 54.8 Å². The van der Waals surface area contributed by atoms with Crippen LogP contribution in [0, 0.1) is 0 Å². The normalized spacial score (nSPS) is 15.8. The van der Waals surface area contributed by atoms with Crippen molar-refractivity contribution in [2.45, 2.75) is 25.6 Å². The zero-order valence-corrected chi connectivity index (χ0v) is 16.4. The second-order valence-corrected chi connectivity index (χ2v) is 6.78. The van der Waals surface area contributed by atoms with E-state index in [0.717, 1.165) is 11.6 Å². The number of hydrogen-bond acceptors (Lipinski definition) is 4. The van der Waals surface area contributed by atoms with Crippen molar-refractivity contribution in [3.05, 3.63) is 63.7 Å². The molecule has 8 heteroatoms. The molecule has 1 aliphatic rings. The maximum absolute atomic E-state index is 13.5. The Hall–Kier alpha value is -2.67. The third-order valence-electron chi connectivity index (χ3n) is 4.35. The molecule has 0 bridgehead atoms. The molecule has 0 aromatic heterocycles. The molecule has 1 aliphatic heterocycles. The van der Waals surface area contributed by atoms with E-state index < -0.39 is 23.8 Å². The van der Waals surface area contributed by atoms with E-state index in [4.69, 9.17) is 25.8 Å². The molecule has 0 spiro atoms. The van der Waals surface area contributed by atoms with E-state index in [1.807, 2.05) is 18.2 Å². The quantitative estimate of drug-likeness (QED) is 0.616. The second kappa shape index (κ2) is 8.37. The summed E-state index contributed by atoms with van der Waals surface area (Å²) in [6.45, 7) is 1.47. The van der Waals surface area contributed by atoms with Crippen LogP contribution in [-0.4, -0.2) is 32.0 Å². The summed E-state index contributed by atoms with van der Waals surface area (Å²) in [5, 5.41) is 0.347. The van der Waals surface area contributed by atoms with Crippen LogP contribution in [0.5, 0.6) is 11.5 Å². The van der Waals surface area contributed by atoms with Crippen LogP contribution >= 0.6 is 11.6 Å². The van der Waals surface area contributed by atoms with E-state index in [9.17, 15) is 18.0 Å². The van der Waals surface area contributed by atoms with Crippen LogP contribution < -0.4 is 9.47 Å². The minimum Gasteiger partial charge on any atom is -0.497 e. The number of halogens is 4. The zero-order valence-electron chi connectivity index (χ0n) is 15.7. The lowest BCUT2D eigenvalue weighted by Crippen LogP contribution is -2.40. The average Bonchev–Trinajstić information content (AvgIpc) is 2.67. The van der Waals surface area contributed by atoms with Crippen LogP contribution in [-0.2, 0) is 16.0 Å². The lowest BCUT2D eigenvalue weighted by Gasteiger charge is -2.28. The minimum absolute atomic E-state index is 0.00247. The number of esters is 1.